The van der Waals surface area contributed by atoms with Crippen LogP contribution < -0.4 is 0 Å². The third-order valence-electron chi connectivity index (χ3n) is 7.30. The highest BCUT2D eigenvalue weighted by atomic mass is 16.5. The zero-order valence-electron chi connectivity index (χ0n) is 14.5. The molecule has 3 aliphatic heterocycles. The molecule has 0 aromatic rings. The Morgan fingerprint density at radius 1 is 1.23 bits per heavy atom. The Bertz CT molecular complexity index is 488. The van der Waals surface area contributed by atoms with Gasteiger partial charge in [0.1, 0.15) is 5.60 Å². The molecule has 7 atom stereocenters. The molecule has 1 saturated carbocycles. The number of nitrogens with zero attached hydrogens (tertiary/aromatic N) is 1. The summed E-state index contributed by atoms with van der Waals surface area (Å²) in [7, 11) is 0. The van der Waals surface area contributed by atoms with Gasteiger partial charge in [0.2, 0.25) is 0 Å². The van der Waals surface area contributed by atoms with Gasteiger partial charge in [0, 0.05) is 30.0 Å². The van der Waals surface area contributed by atoms with E-state index in [2.05, 4.69) is 44.7 Å². The van der Waals surface area contributed by atoms with Crippen LogP contribution in [0.4, 0.5) is 0 Å². The van der Waals surface area contributed by atoms with Crippen molar-refractivity contribution in [3.8, 4) is 0 Å². The van der Waals surface area contributed by atoms with Crippen molar-refractivity contribution in [3.63, 3.8) is 0 Å². The largest absolute Gasteiger partial charge is 0.393 e. The van der Waals surface area contributed by atoms with E-state index in [4.69, 9.17) is 4.74 Å². The number of aliphatic hydroxyl groups excluding tert-OH is 1. The number of aliphatic hydroxyl groups is 1. The van der Waals surface area contributed by atoms with Crippen molar-refractivity contribution in [2.45, 2.75) is 82.8 Å². The zero-order valence-corrected chi connectivity index (χ0v) is 14.5. The summed E-state index contributed by atoms with van der Waals surface area (Å²) in [5.74, 6) is 1.67. The van der Waals surface area contributed by atoms with Gasteiger partial charge in [-0.25, -0.2) is 0 Å². The fraction of sp³-hybridized carbons (Fsp3) is 0.895. The maximum absolute atomic E-state index is 10.7. The van der Waals surface area contributed by atoms with Gasteiger partial charge < -0.3 is 9.84 Å². The highest BCUT2D eigenvalue weighted by Crippen LogP contribution is 2.53. The zero-order chi connectivity index (χ0) is 15.7. The second-order valence-corrected chi connectivity index (χ2v) is 8.93. The fourth-order valence-corrected chi connectivity index (χ4v) is 5.97. The molecule has 3 nitrogen and oxygen atoms in total. The maximum Gasteiger partial charge on any atom is 0.104 e. The molecule has 1 N–H and O–H groups in total. The molecule has 0 radical (unpaired) electrons. The van der Waals surface area contributed by atoms with Gasteiger partial charge in [-0.3, -0.25) is 4.90 Å². The smallest absolute Gasteiger partial charge is 0.104 e. The summed E-state index contributed by atoms with van der Waals surface area (Å²) in [4.78, 5) is 2.65. The summed E-state index contributed by atoms with van der Waals surface area (Å²) in [5, 5.41) is 10.7. The van der Waals surface area contributed by atoms with Crippen LogP contribution in [0.3, 0.4) is 0 Å². The number of hydrogen-bond acceptors (Lipinski definition) is 3. The van der Waals surface area contributed by atoms with Gasteiger partial charge in [-0.15, -0.1) is 0 Å². The van der Waals surface area contributed by atoms with Gasteiger partial charge >= 0.3 is 0 Å². The molecule has 0 aromatic carbocycles. The van der Waals surface area contributed by atoms with Crippen molar-refractivity contribution >= 4 is 0 Å². The van der Waals surface area contributed by atoms with Gasteiger partial charge in [-0.1, -0.05) is 25.5 Å². The molecule has 0 aromatic heterocycles. The highest BCUT2D eigenvalue weighted by molar-refractivity contribution is 5.27. The lowest BCUT2D eigenvalue weighted by atomic mass is 9.71. The first kappa shape index (κ1) is 15.2. The van der Waals surface area contributed by atoms with Crippen molar-refractivity contribution in [3.05, 3.63) is 12.2 Å². The minimum Gasteiger partial charge on any atom is -0.393 e. The molecule has 3 heteroatoms. The topological polar surface area (TPSA) is 32.7 Å². The second kappa shape index (κ2) is 4.81. The van der Waals surface area contributed by atoms with Crippen LogP contribution in [0.1, 0.15) is 53.4 Å². The van der Waals surface area contributed by atoms with Crippen molar-refractivity contribution in [1.29, 1.82) is 0 Å². The predicted molar refractivity (Wildman–Crippen MR) is 87.6 cm³/mol. The van der Waals surface area contributed by atoms with Crippen LogP contribution in [0.5, 0.6) is 0 Å². The van der Waals surface area contributed by atoms with Gasteiger partial charge in [-0.2, -0.15) is 0 Å². The first-order valence-corrected chi connectivity index (χ1v) is 9.15. The summed E-state index contributed by atoms with van der Waals surface area (Å²) in [6.07, 6.45) is 9.33. The van der Waals surface area contributed by atoms with E-state index in [1.807, 2.05) is 0 Å². The molecule has 2 saturated heterocycles. The summed E-state index contributed by atoms with van der Waals surface area (Å²) in [6.45, 7) is 10.3. The summed E-state index contributed by atoms with van der Waals surface area (Å²) < 4.78 is 6.30. The molecule has 4 aliphatic rings. The molecule has 22 heavy (non-hydrogen) atoms. The molecular formula is C19H31NO2. The lowest BCUT2D eigenvalue weighted by molar-refractivity contribution is -0.0596. The van der Waals surface area contributed by atoms with Gasteiger partial charge in [0.25, 0.3) is 0 Å². The van der Waals surface area contributed by atoms with E-state index in [1.54, 1.807) is 0 Å². The van der Waals surface area contributed by atoms with Crippen LogP contribution >= 0.6 is 0 Å². The quantitative estimate of drug-likeness (QED) is 0.796. The minimum absolute atomic E-state index is 0.0335. The van der Waals surface area contributed by atoms with Gasteiger partial charge in [0.05, 0.1) is 12.2 Å². The van der Waals surface area contributed by atoms with E-state index in [9.17, 15) is 5.11 Å². The number of ether oxygens (including phenoxy) is 1. The summed E-state index contributed by atoms with van der Waals surface area (Å²) in [5.41, 5.74) is 0.00160. The molecular weight excluding hydrogens is 274 g/mol. The molecule has 0 unspecified atom stereocenters. The minimum atomic E-state index is -0.156. The average molecular weight is 305 g/mol. The standard InChI is InChI=1S/C19H31NO2/c1-12-5-6-15(17(21)9-12)18(3,4)20-11-19-8-7-14(22-19)10-16(19)13(20)2/h7-8,12-17,21H,5-6,9-11H2,1-4H3/t12-,13-,14-,15-,16+,17-,19-/m1/s1. The molecule has 2 bridgehead atoms. The van der Waals surface area contributed by atoms with E-state index >= 15 is 0 Å². The maximum atomic E-state index is 10.7. The molecule has 4 rings (SSSR count). The van der Waals surface area contributed by atoms with Crippen molar-refractivity contribution in [1.82, 2.24) is 4.90 Å². The van der Waals surface area contributed by atoms with Crippen LogP contribution in [0, 0.1) is 17.8 Å². The third-order valence-corrected chi connectivity index (χ3v) is 7.30. The van der Waals surface area contributed by atoms with Gasteiger partial charge in [0.15, 0.2) is 0 Å². The lowest BCUT2D eigenvalue weighted by Gasteiger charge is -2.49. The Morgan fingerprint density at radius 3 is 2.64 bits per heavy atom. The summed E-state index contributed by atoms with van der Waals surface area (Å²) in [6, 6.07) is 0.538. The Kier molecular flexibility index (Phi) is 3.32. The van der Waals surface area contributed by atoms with Gasteiger partial charge in [-0.05, 0) is 46.0 Å². The third kappa shape index (κ3) is 1.98. The number of likely N-dealkylation sites (tertiary alicyclic amines) is 1. The fourth-order valence-electron chi connectivity index (χ4n) is 5.97. The van der Waals surface area contributed by atoms with Crippen LogP contribution in [-0.2, 0) is 4.74 Å². The van der Waals surface area contributed by atoms with E-state index < -0.39 is 0 Å². The monoisotopic (exact) mass is 305 g/mol. The first-order chi connectivity index (χ1) is 10.3. The SMILES string of the molecule is C[C@@H]1CC[C@@H](C(C)(C)N2C[C@]34C=C[C@H](C[C@H]3[C@H]2C)O4)[C@H](O)C1. The van der Waals surface area contributed by atoms with Crippen molar-refractivity contribution < 1.29 is 9.84 Å². The molecule has 124 valence electrons. The van der Waals surface area contributed by atoms with E-state index in [1.165, 1.54) is 12.8 Å². The molecule has 1 spiro atoms. The molecule has 3 heterocycles. The predicted octanol–water partition coefficient (Wildman–Crippen LogP) is 2.98. The first-order valence-electron chi connectivity index (χ1n) is 9.15. The second-order valence-electron chi connectivity index (χ2n) is 8.93. The average Bonchev–Trinajstić information content (AvgIpc) is 3.08. The van der Waals surface area contributed by atoms with Crippen LogP contribution in [0.25, 0.3) is 0 Å². The lowest BCUT2D eigenvalue weighted by Crippen LogP contribution is -2.56. The Morgan fingerprint density at radius 2 is 2.00 bits per heavy atom. The Balaban J connectivity index is 1.57. The van der Waals surface area contributed by atoms with Crippen LogP contribution in [-0.4, -0.2) is 45.9 Å². The Hall–Kier alpha value is -0.380. The van der Waals surface area contributed by atoms with Crippen LogP contribution in [0.15, 0.2) is 12.2 Å². The van der Waals surface area contributed by atoms with Crippen LogP contribution in [0.2, 0.25) is 0 Å². The summed E-state index contributed by atoms with van der Waals surface area (Å²) >= 11 is 0. The van der Waals surface area contributed by atoms with Crippen molar-refractivity contribution in [2.75, 3.05) is 6.54 Å². The number of rotatable bonds is 2. The highest BCUT2D eigenvalue weighted by Gasteiger charge is 2.61. The number of fused-ring (bicyclic) bond motifs is 1. The van der Waals surface area contributed by atoms with E-state index in [-0.39, 0.29) is 17.2 Å². The normalized spacial score (nSPS) is 51.5. The molecule has 0 amide bonds. The van der Waals surface area contributed by atoms with E-state index in [0.717, 1.165) is 19.4 Å². The Labute approximate surface area is 134 Å². The number of hydrogen-bond donors (Lipinski definition) is 1. The van der Waals surface area contributed by atoms with E-state index in [0.29, 0.717) is 29.9 Å². The molecule has 1 aliphatic carbocycles. The van der Waals surface area contributed by atoms with Crippen molar-refractivity contribution in [2.24, 2.45) is 17.8 Å². The molecule has 3 fully saturated rings.